The van der Waals surface area contributed by atoms with E-state index in [4.69, 9.17) is 0 Å². The first kappa shape index (κ1) is 13.0. The van der Waals surface area contributed by atoms with Gasteiger partial charge < -0.3 is 5.32 Å². The Morgan fingerprint density at radius 1 is 1.35 bits per heavy atom. The summed E-state index contributed by atoms with van der Waals surface area (Å²) in [5.41, 5.74) is 0.236. The number of carbonyl (C=O) groups excluding carboxylic acids is 1. The summed E-state index contributed by atoms with van der Waals surface area (Å²) in [6.45, 7) is 6.66. The van der Waals surface area contributed by atoms with Gasteiger partial charge in [-0.05, 0) is 18.9 Å². The molecule has 4 heteroatoms. The molecule has 0 radical (unpaired) electrons. The van der Waals surface area contributed by atoms with Crippen LogP contribution in [0.3, 0.4) is 0 Å². The molecule has 1 heterocycles. The van der Waals surface area contributed by atoms with E-state index in [9.17, 15) is 4.79 Å². The van der Waals surface area contributed by atoms with Crippen LogP contribution < -0.4 is 5.32 Å². The lowest BCUT2D eigenvalue weighted by Gasteiger charge is -2.43. The molecule has 0 aromatic carbocycles. The molecule has 96 valence electrons. The molecule has 17 heavy (non-hydrogen) atoms. The SMILES string of the molecule is C=CC(=O)NCC1(N2CCSCC2)CCCC1. The lowest BCUT2D eigenvalue weighted by molar-refractivity contribution is -0.117. The highest BCUT2D eigenvalue weighted by Gasteiger charge is 2.39. The highest BCUT2D eigenvalue weighted by Crippen LogP contribution is 2.36. The molecule has 1 saturated heterocycles. The molecule has 0 aromatic rings. The van der Waals surface area contributed by atoms with Crippen molar-refractivity contribution in [3.05, 3.63) is 12.7 Å². The van der Waals surface area contributed by atoms with Crippen molar-refractivity contribution in [2.45, 2.75) is 31.2 Å². The van der Waals surface area contributed by atoms with Crippen LogP contribution in [-0.2, 0) is 4.79 Å². The van der Waals surface area contributed by atoms with E-state index in [0.29, 0.717) is 0 Å². The Morgan fingerprint density at radius 2 is 2.00 bits per heavy atom. The maximum absolute atomic E-state index is 11.3. The molecule has 0 aromatic heterocycles. The second-order valence-electron chi connectivity index (χ2n) is 4.95. The zero-order valence-corrected chi connectivity index (χ0v) is 11.2. The summed E-state index contributed by atoms with van der Waals surface area (Å²) in [4.78, 5) is 14.0. The van der Waals surface area contributed by atoms with Gasteiger partial charge in [0.2, 0.25) is 5.91 Å². The fourth-order valence-electron chi connectivity index (χ4n) is 3.00. The molecule has 0 unspecified atom stereocenters. The van der Waals surface area contributed by atoms with Crippen molar-refractivity contribution in [1.29, 1.82) is 0 Å². The predicted octanol–water partition coefficient (Wildman–Crippen LogP) is 1.65. The van der Waals surface area contributed by atoms with Gasteiger partial charge in [-0.15, -0.1) is 0 Å². The zero-order valence-electron chi connectivity index (χ0n) is 10.4. The van der Waals surface area contributed by atoms with Crippen molar-refractivity contribution in [3.63, 3.8) is 0 Å². The van der Waals surface area contributed by atoms with Crippen LogP contribution in [0.2, 0.25) is 0 Å². The smallest absolute Gasteiger partial charge is 0.243 e. The normalized spacial score (nSPS) is 24.5. The number of nitrogens with one attached hydrogen (secondary N) is 1. The summed E-state index contributed by atoms with van der Waals surface area (Å²) in [6.07, 6.45) is 6.43. The zero-order chi connectivity index (χ0) is 12.1. The summed E-state index contributed by atoms with van der Waals surface area (Å²) in [5.74, 6) is 2.43. The summed E-state index contributed by atoms with van der Waals surface area (Å²) in [7, 11) is 0. The maximum atomic E-state index is 11.3. The third kappa shape index (κ3) is 3.05. The van der Waals surface area contributed by atoms with E-state index in [1.165, 1.54) is 56.4 Å². The van der Waals surface area contributed by atoms with E-state index < -0.39 is 0 Å². The molecular weight excluding hydrogens is 232 g/mol. The van der Waals surface area contributed by atoms with E-state index in [-0.39, 0.29) is 11.4 Å². The number of hydrogen-bond donors (Lipinski definition) is 1. The average molecular weight is 254 g/mol. The topological polar surface area (TPSA) is 32.3 Å². The van der Waals surface area contributed by atoms with Crippen LogP contribution in [-0.4, -0.2) is 47.5 Å². The quantitative estimate of drug-likeness (QED) is 0.774. The van der Waals surface area contributed by atoms with Gasteiger partial charge in [0.1, 0.15) is 0 Å². The lowest BCUT2D eigenvalue weighted by atomic mass is 9.94. The van der Waals surface area contributed by atoms with Crippen LogP contribution in [0.25, 0.3) is 0 Å². The minimum absolute atomic E-state index is 0.0392. The van der Waals surface area contributed by atoms with Gasteiger partial charge in [-0.2, -0.15) is 11.8 Å². The van der Waals surface area contributed by atoms with E-state index in [0.717, 1.165) is 6.54 Å². The van der Waals surface area contributed by atoms with Crippen molar-refractivity contribution in [3.8, 4) is 0 Å². The largest absolute Gasteiger partial charge is 0.351 e. The van der Waals surface area contributed by atoms with E-state index in [1.807, 2.05) is 11.8 Å². The molecule has 1 N–H and O–H groups in total. The molecule has 1 aliphatic heterocycles. The number of nitrogens with zero attached hydrogens (tertiary/aromatic N) is 1. The Kier molecular flexibility index (Phi) is 4.51. The summed E-state index contributed by atoms with van der Waals surface area (Å²) < 4.78 is 0. The molecule has 0 bridgehead atoms. The minimum Gasteiger partial charge on any atom is -0.351 e. The van der Waals surface area contributed by atoms with Gasteiger partial charge in [0.05, 0.1) is 0 Å². The maximum Gasteiger partial charge on any atom is 0.243 e. The Hall–Kier alpha value is -0.480. The molecule has 2 fully saturated rings. The van der Waals surface area contributed by atoms with Crippen molar-refractivity contribution in [2.75, 3.05) is 31.1 Å². The molecular formula is C13H22N2OS. The molecule has 1 amide bonds. The Labute approximate surface area is 108 Å². The van der Waals surface area contributed by atoms with Crippen LogP contribution in [0.5, 0.6) is 0 Å². The summed E-state index contributed by atoms with van der Waals surface area (Å²) in [6, 6.07) is 0. The van der Waals surface area contributed by atoms with Gasteiger partial charge >= 0.3 is 0 Å². The van der Waals surface area contributed by atoms with Gasteiger partial charge in [0.25, 0.3) is 0 Å². The third-order valence-corrected chi connectivity index (χ3v) is 4.94. The van der Waals surface area contributed by atoms with Gasteiger partial charge in [-0.1, -0.05) is 19.4 Å². The molecule has 2 rings (SSSR count). The third-order valence-electron chi connectivity index (χ3n) is 3.99. The first-order valence-corrected chi connectivity index (χ1v) is 7.65. The highest BCUT2D eigenvalue weighted by molar-refractivity contribution is 7.99. The fraction of sp³-hybridized carbons (Fsp3) is 0.769. The number of rotatable bonds is 4. The van der Waals surface area contributed by atoms with Crippen LogP contribution in [0.1, 0.15) is 25.7 Å². The number of hydrogen-bond acceptors (Lipinski definition) is 3. The summed E-state index contributed by atoms with van der Waals surface area (Å²) >= 11 is 2.04. The van der Waals surface area contributed by atoms with Gasteiger partial charge in [-0.25, -0.2) is 0 Å². The minimum atomic E-state index is -0.0392. The predicted molar refractivity (Wildman–Crippen MR) is 73.3 cm³/mol. The second-order valence-corrected chi connectivity index (χ2v) is 6.18. The lowest BCUT2D eigenvalue weighted by Crippen LogP contribution is -2.56. The molecule has 1 saturated carbocycles. The van der Waals surface area contributed by atoms with Crippen LogP contribution in [0.4, 0.5) is 0 Å². The van der Waals surface area contributed by atoms with Crippen molar-refractivity contribution in [2.24, 2.45) is 0 Å². The molecule has 3 nitrogen and oxygen atoms in total. The number of amides is 1. The fourth-order valence-corrected chi connectivity index (χ4v) is 3.90. The van der Waals surface area contributed by atoms with Crippen LogP contribution in [0, 0.1) is 0 Å². The van der Waals surface area contributed by atoms with Crippen molar-refractivity contribution in [1.82, 2.24) is 10.2 Å². The monoisotopic (exact) mass is 254 g/mol. The number of carbonyl (C=O) groups is 1. The van der Waals surface area contributed by atoms with Gasteiger partial charge in [-0.3, -0.25) is 9.69 Å². The Balaban J connectivity index is 1.98. The van der Waals surface area contributed by atoms with E-state index in [2.05, 4.69) is 16.8 Å². The van der Waals surface area contributed by atoms with Crippen LogP contribution in [0.15, 0.2) is 12.7 Å². The Morgan fingerprint density at radius 3 is 2.59 bits per heavy atom. The first-order valence-electron chi connectivity index (χ1n) is 6.50. The highest BCUT2D eigenvalue weighted by atomic mass is 32.2. The van der Waals surface area contributed by atoms with E-state index in [1.54, 1.807) is 0 Å². The Bertz CT molecular complexity index is 281. The van der Waals surface area contributed by atoms with Crippen molar-refractivity contribution >= 4 is 17.7 Å². The number of thioether (sulfide) groups is 1. The van der Waals surface area contributed by atoms with Crippen LogP contribution >= 0.6 is 11.8 Å². The van der Waals surface area contributed by atoms with E-state index >= 15 is 0 Å². The second kappa shape index (κ2) is 5.91. The summed E-state index contributed by atoms with van der Waals surface area (Å²) in [5, 5.41) is 3.01. The van der Waals surface area contributed by atoms with Gasteiger partial charge in [0.15, 0.2) is 0 Å². The average Bonchev–Trinajstić information content (AvgIpc) is 2.87. The van der Waals surface area contributed by atoms with Gasteiger partial charge in [0, 0.05) is 36.7 Å². The molecule has 2 aliphatic rings. The molecule has 0 spiro atoms. The first-order chi connectivity index (χ1) is 8.27. The molecule has 0 atom stereocenters. The molecule has 1 aliphatic carbocycles. The standard InChI is InChI=1S/C13H22N2OS/c1-2-12(16)14-11-13(5-3-4-6-13)15-7-9-17-10-8-15/h2H,1,3-11H2,(H,14,16). The van der Waals surface area contributed by atoms with Crippen molar-refractivity contribution < 1.29 is 4.79 Å².